The third kappa shape index (κ3) is 3.42. The predicted molar refractivity (Wildman–Crippen MR) is 52.9 cm³/mol. The third-order valence-electron chi connectivity index (χ3n) is 1.82. The molecule has 0 radical (unpaired) electrons. The van der Waals surface area contributed by atoms with Crippen molar-refractivity contribution in [2.45, 2.75) is 6.18 Å². The molecule has 0 aliphatic rings. The summed E-state index contributed by atoms with van der Waals surface area (Å²) in [5.74, 6) is -0.664. The summed E-state index contributed by atoms with van der Waals surface area (Å²) in [6, 6.07) is 5.91. The number of methoxy groups -OCH3 is 1. The highest BCUT2D eigenvalue weighted by Gasteiger charge is 2.22. The first-order valence-corrected chi connectivity index (χ1v) is 4.37. The molecule has 0 aliphatic carbocycles. The van der Waals surface area contributed by atoms with Gasteiger partial charge in [0.15, 0.2) is 0 Å². The van der Waals surface area contributed by atoms with Gasteiger partial charge in [-0.3, -0.25) is 0 Å². The number of carbonyl (C=O) groups excluding carboxylic acids is 1. The second-order valence-corrected chi connectivity index (χ2v) is 2.95. The molecule has 1 aromatic carbocycles. The number of rotatable bonds is 2. The average molecular weight is 230 g/mol. The summed E-state index contributed by atoms with van der Waals surface area (Å²) in [5, 5.41) is 0. The summed E-state index contributed by atoms with van der Waals surface area (Å²) in [6.45, 7) is 0. The van der Waals surface area contributed by atoms with Crippen molar-refractivity contribution in [3.63, 3.8) is 0 Å². The van der Waals surface area contributed by atoms with Crippen LogP contribution in [-0.4, -0.2) is 19.3 Å². The number of hydrogen-bond acceptors (Lipinski definition) is 2. The van der Waals surface area contributed by atoms with Crippen LogP contribution in [0.15, 0.2) is 30.3 Å². The van der Waals surface area contributed by atoms with Gasteiger partial charge in [-0.05, 0) is 17.7 Å². The molecule has 1 rings (SSSR count). The quantitative estimate of drug-likeness (QED) is 0.730. The number of hydrogen-bond donors (Lipinski definition) is 0. The van der Waals surface area contributed by atoms with E-state index in [1.165, 1.54) is 19.2 Å². The Balaban J connectivity index is 3.05. The molecule has 0 aliphatic heterocycles. The molecular formula is C11H9F3O2. The lowest BCUT2D eigenvalue weighted by Crippen LogP contribution is -2.04. The third-order valence-corrected chi connectivity index (χ3v) is 1.82. The molecule has 86 valence electrons. The Kier molecular flexibility index (Phi) is 3.71. The zero-order valence-corrected chi connectivity index (χ0v) is 8.41. The van der Waals surface area contributed by atoms with Gasteiger partial charge in [0.25, 0.3) is 0 Å². The molecule has 0 fully saturated rings. The molecule has 0 saturated carbocycles. The van der Waals surface area contributed by atoms with Crippen molar-refractivity contribution in [3.05, 3.63) is 41.5 Å². The van der Waals surface area contributed by atoms with Crippen molar-refractivity contribution >= 4 is 12.0 Å². The minimum absolute atomic E-state index is 0.0781. The van der Waals surface area contributed by atoms with E-state index in [-0.39, 0.29) is 17.2 Å². The number of allylic oxidation sites excluding steroid dienone is 1. The SMILES string of the molecule is COC(=O)c1ccccc1/C=C/C(F)(F)F. The lowest BCUT2D eigenvalue weighted by molar-refractivity contribution is -0.0790. The molecule has 0 aromatic heterocycles. The van der Waals surface area contributed by atoms with Crippen molar-refractivity contribution < 1.29 is 22.7 Å². The first-order chi connectivity index (χ1) is 7.44. The Hall–Kier alpha value is -1.78. The van der Waals surface area contributed by atoms with E-state index >= 15 is 0 Å². The number of alkyl halides is 3. The fourth-order valence-corrected chi connectivity index (χ4v) is 1.12. The maximum Gasteiger partial charge on any atom is 0.409 e. The van der Waals surface area contributed by atoms with Crippen molar-refractivity contribution in [2.24, 2.45) is 0 Å². The zero-order valence-electron chi connectivity index (χ0n) is 8.41. The molecule has 0 N–H and O–H groups in total. The van der Waals surface area contributed by atoms with Crippen LogP contribution in [0.5, 0.6) is 0 Å². The largest absolute Gasteiger partial charge is 0.465 e. The van der Waals surface area contributed by atoms with E-state index in [2.05, 4.69) is 4.74 Å². The van der Waals surface area contributed by atoms with E-state index in [4.69, 9.17) is 0 Å². The molecule has 0 amide bonds. The first-order valence-electron chi connectivity index (χ1n) is 4.37. The van der Waals surface area contributed by atoms with Gasteiger partial charge >= 0.3 is 12.1 Å². The topological polar surface area (TPSA) is 26.3 Å². The first kappa shape index (κ1) is 12.3. The second kappa shape index (κ2) is 4.83. The van der Waals surface area contributed by atoms with Gasteiger partial charge in [-0.15, -0.1) is 0 Å². The van der Waals surface area contributed by atoms with E-state index in [0.29, 0.717) is 0 Å². The number of benzene rings is 1. The van der Waals surface area contributed by atoms with Crippen molar-refractivity contribution in [2.75, 3.05) is 7.11 Å². The van der Waals surface area contributed by atoms with Gasteiger partial charge < -0.3 is 4.74 Å². The fraction of sp³-hybridized carbons (Fsp3) is 0.182. The molecule has 0 heterocycles. The van der Waals surface area contributed by atoms with Gasteiger partial charge in [0.2, 0.25) is 0 Å². The summed E-state index contributed by atoms with van der Waals surface area (Å²) in [6.07, 6.45) is -3.48. The number of halogens is 3. The molecule has 0 unspecified atom stereocenters. The van der Waals surface area contributed by atoms with E-state index in [0.717, 1.165) is 6.08 Å². The Labute approximate surface area is 90.3 Å². The van der Waals surface area contributed by atoms with Crippen LogP contribution in [-0.2, 0) is 4.74 Å². The highest BCUT2D eigenvalue weighted by atomic mass is 19.4. The molecule has 0 spiro atoms. The minimum Gasteiger partial charge on any atom is -0.465 e. The van der Waals surface area contributed by atoms with Crippen LogP contribution >= 0.6 is 0 Å². The van der Waals surface area contributed by atoms with Gasteiger partial charge in [0, 0.05) is 6.08 Å². The minimum atomic E-state index is -4.40. The lowest BCUT2D eigenvalue weighted by Gasteiger charge is -2.04. The fourth-order valence-electron chi connectivity index (χ4n) is 1.12. The molecule has 16 heavy (non-hydrogen) atoms. The van der Waals surface area contributed by atoms with Crippen LogP contribution in [0.1, 0.15) is 15.9 Å². The van der Waals surface area contributed by atoms with Crippen molar-refractivity contribution in [3.8, 4) is 0 Å². The number of ether oxygens (including phenoxy) is 1. The van der Waals surface area contributed by atoms with Gasteiger partial charge in [0.1, 0.15) is 0 Å². The molecule has 0 atom stereocenters. The predicted octanol–water partition coefficient (Wildman–Crippen LogP) is 3.05. The van der Waals surface area contributed by atoms with Gasteiger partial charge in [-0.25, -0.2) is 4.79 Å². The normalized spacial score (nSPS) is 11.8. The van der Waals surface area contributed by atoms with Crippen molar-refractivity contribution in [1.82, 2.24) is 0 Å². The highest BCUT2D eigenvalue weighted by Crippen LogP contribution is 2.19. The van der Waals surface area contributed by atoms with Crippen LogP contribution in [0, 0.1) is 0 Å². The Morgan fingerprint density at radius 2 is 1.94 bits per heavy atom. The Morgan fingerprint density at radius 1 is 1.31 bits per heavy atom. The maximum absolute atomic E-state index is 12.0. The molecule has 2 nitrogen and oxygen atoms in total. The highest BCUT2D eigenvalue weighted by molar-refractivity contribution is 5.93. The molecule has 0 bridgehead atoms. The lowest BCUT2D eigenvalue weighted by atomic mass is 10.1. The van der Waals surface area contributed by atoms with E-state index in [1.54, 1.807) is 12.1 Å². The summed E-state index contributed by atoms with van der Waals surface area (Å²) >= 11 is 0. The van der Waals surface area contributed by atoms with E-state index in [1.807, 2.05) is 0 Å². The summed E-state index contributed by atoms with van der Waals surface area (Å²) in [5.41, 5.74) is 0.275. The summed E-state index contributed by atoms with van der Waals surface area (Å²) in [4.78, 5) is 11.2. The monoisotopic (exact) mass is 230 g/mol. The average Bonchev–Trinajstić information content (AvgIpc) is 2.25. The molecule has 5 heteroatoms. The smallest absolute Gasteiger partial charge is 0.409 e. The van der Waals surface area contributed by atoms with Gasteiger partial charge in [0.05, 0.1) is 12.7 Å². The molecule has 0 saturated heterocycles. The van der Waals surface area contributed by atoms with E-state index < -0.39 is 12.1 Å². The Morgan fingerprint density at radius 3 is 2.50 bits per heavy atom. The number of carbonyl (C=O) groups is 1. The van der Waals surface area contributed by atoms with Crippen LogP contribution in [0.25, 0.3) is 6.08 Å². The zero-order chi connectivity index (χ0) is 12.2. The van der Waals surface area contributed by atoms with Gasteiger partial charge in [-0.2, -0.15) is 13.2 Å². The summed E-state index contributed by atoms with van der Waals surface area (Å²) in [7, 11) is 1.17. The molecular weight excluding hydrogens is 221 g/mol. The summed E-state index contributed by atoms with van der Waals surface area (Å²) < 4.78 is 40.3. The van der Waals surface area contributed by atoms with E-state index in [9.17, 15) is 18.0 Å². The standard InChI is InChI=1S/C11H9F3O2/c1-16-10(15)9-5-3-2-4-8(9)6-7-11(12,13)14/h2-7H,1H3/b7-6+. The maximum atomic E-state index is 12.0. The van der Waals surface area contributed by atoms with Crippen LogP contribution < -0.4 is 0 Å². The second-order valence-electron chi connectivity index (χ2n) is 2.95. The Bertz CT molecular complexity index is 408. The number of esters is 1. The van der Waals surface area contributed by atoms with Crippen LogP contribution in [0.3, 0.4) is 0 Å². The van der Waals surface area contributed by atoms with Crippen LogP contribution in [0.2, 0.25) is 0 Å². The van der Waals surface area contributed by atoms with Crippen LogP contribution in [0.4, 0.5) is 13.2 Å². The van der Waals surface area contributed by atoms with Gasteiger partial charge in [-0.1, -0.05) is 18.2 Å². The molecule has 1 aromatic rings. The van der Waals surface area contributed by atoms with Crippen molar-refractivity contribution in [1.29, 1.82) is 0 Å².